The van der Waals surface area contributed by atoms with E-state index in [4.69, 9.17) is 0 Å². The van der Waals surface area contributed by atoms with E-state index in [0.29, 0.717) is 12.5 Å². The minimum atomic E-state index is 0.210. The molecule has 1 fully saturated rings. The molecule has 18 heavy (non-hydrogen) atoms. The van der Waals surface area contributed by atoms with Crippen LogP contribution in [0.3, 0.4) is 0 Å². The van der Waals surface area contributed by atoms with Crippen LogP contribution in [0.25, 0.3) is 0 Å². The van der Waals surface area contributed by atoms with Crippen LogP contribution in [0.2, 0.25) is 0 Å². The maximum Gasteiger partial charge on any atom is 0.223 e. The average molecular weight is 246 g/mol. The lowest BCUT2D eigenvalue weighted by Crippen LogP contribution is -2.25. The number of amides is 1. The minimum absolute atomic E-state index is 0.210. The van der Waals surface area contributed by atoms with Gasteiger partial charge in [-0.25, -0.2) is 0 Å². The Morgan fingerprint density at radius 2 is 1.94 bits per heavy atom. The van der Waals surface area contributed by atoms with Crippen LogP contribution in [0.1, 0.15) is 24.5 Å². The molecule has 1 saturated carbocycles. The Hall–Kier alpha value is -1.35. The van der Waals surface area contributed by atoms with Crippen LogP contribution in [0.15, 0.2) is 24.3 Å². The summed E-state index contributed by atoms with van der Waals surface area (Å²) in [4.78, 5) is 13.9. The first kappa shape index (κ1) is 13.1. The fraction of sp³-hybridized carbons (Fsp3) is 0.533. The van der Waals surface area contributed by atoms with Crippen molar-refractivity contribution in [3.63, 3.8) is 0 Å². The predicted octanol–water partition coefficient (Wildman–Crippen LogP) is 2.02. The van der Waals surface area contributed by atoms with Gasteiger partial charge in [-0.15, -0.1) is 0 Å². The molecule has 0 radical (unpaired) electrons. The van der Waals surface area contributed by atoms with E-state index in [-0.39, 0.29) is 11.8 Å². The molecular weight excluding hydrogens is 224 g/mol. The molecule has 2 rings (SSSR count). The minimum Gasteiger partial charge on any atom is -0.352 e. The van der Waals surface area contributed by atoms with Crippen molar-refractivity contribution in [1.82, 2.24) is 10.2 Å². The van der Waals surface area contributed by atoms with Crippen LogP contribution in [0, 0.1) is 11.8 Å². The average Bonchev–Trinajstić information content (AvgIpc) is 3.04. The summed E-state index contributed by atoms with van der Waals surface area (Å²) in [5.41, 5.74) is 2.50. The highest BCUT2D eigenvalue weighted by Gasteiger charge is 2.38. The number of hydrogen-bond acceptors (Lipinski definition) is 2. The number of carbonyl (C=O) groups excluding carboxylic acids is 1. The molecule has 0 spiro atoms. The number of benzene rings is 1. The molecular formula is C15H22N2O. The van der Waals surface area contributed by atoms with Crippen molar-refractivity contribution >= 4 is 5.91 Å². The van der Waals surface area contributed by atoms with Crippen molar-refractivity contribution in [2.75, 3.05) is 14.1 Å². The van der Waals surface area contributed by atoms with E-state index in [9.17, 15) is 4.79 Å². The van der Waals surface area contributed by atoms with Gasteiger partial charge in [-0.2, -0.15) is 0 Å². The Bertz CT molecular complexity index is 428. The second kappa shape index (κ2) is 5.53. The maximum atomic E-state index is 11.8. The summed E-state index contributed by atoms with van der Waals surface area (Å²) in [7, 11) is 4.11. The van der Waals surface area contributed by atoms with E-state index >= 15 is 0 Å². The van der Waals surface area contributed by atoms with Crippen molar-refractivity contribution < 1.29 is 4.79 Å². The standard InChI is InChI=1S/C15H22N2O/c1-11-8-14(11)15(18)16-9-12-6-4-5-7-13(12)10-17(2)3/h4-7,11,14H,8-10H2,1-3H3,(H,16,18)/t11-,14+/m0/s1. The first-order valence-corrected chi connectivity index (χ1v) is 6.57. The predicted molar refractivity (Wildman–Crippen MR) is 73.0 cm³/mol. The smallest absolute Gasteiger partial charge is 0.223 e. The number of hydrogen-bond donors (Lipinski definition) is 1. The molecule has 3 nitrogen and oxygen atoms in total. The van der Waals surface area contributed by atoms with Gasteiger partial charge in [-0.3, -0.25) is 4.79 Å². The van der Waals surface area contributed by atoms with E-state index < -0.39 is 0 Å². The Morgan fingerprint density at radius 1 is 1.33 bits per heavy atom. The van der Waals surface area contributed by atoms with Gasteiger partial charge in [0.25, 0.3) is 0 Å². The van der Waals surface area contributed by atoms with Gasteiger partial charge in [0.15, 0.2) is 0 Å². The van der Waals surface area contributed by atoms with Crippen LogP contribution < -0.4 is 5.32 Å². The van der Waals surface area contributed by atoms with E-state index in [0.717, 1.165) is 13.0 Å². The van der Waals surface area contributed by atoms with Gasteiger partial charge in [-0.05, 0) is 37.6 Å². The third kappa shape index (κ3) is 3.33. The SMILES string of the molecule is C[C@H]1C[C@H]1C(=O)NCc1ccccc1CN(C)C. The molecule has 1 N–H and O–H groups in total. The second-order valence-corrected chi connectivity index (χ2v) is 5.54. The van der Waals surface area contributed by atoms with Crippen LogP contribution in [-0.4, -0.2) is 24.9 Å². The lowest BCUT2D eigenvalue weighted by molar-refractivity contribution is -0.122. The summed E-state index contributed by atoms with van der Waals surface area (Å²) in [6.07, 6.45) is 1.05. The largest absolute Gasteiger partial charge is 0.352 e. The summed E-state index contributed by atoms with van der Waals surface area (Å²) in [6, 6.07) is 8.30. The zero-order valence-electron chi connectivity index (χ0n) is 11.4. The Kier molecular flexibility index (Phi) is 4.02. The van der Waals surface area contributed by atoms with Crippen molar-refractivity contribution in [2.24, 2.45) is 11.8 Å². The van der Waals surface area contributed by atoms with Gasteiger partial charge < -0.3 is 10.2 Å². The van der Waals surface area contributed by atoms with Crippen LogP contribution in [0.4, 0.5) is 0 Å². The lowest BCUT2D eigenvalue weighted by Gasteiger charge is -2.14. The van der Waals surface area contributed by atoms with Gasteiger partial charge in [0, 0.05) is 19.0 Å². The molecule has 0 aliphatic heterocycles. The molecule has 0 bridgehead atoms. The van der Waals surface area contributed by atoms with Crippen molar-refractivity contribution in [1.29, 1.82) is 0 Å². The van der Waals surface area contributed by atoms with Crippen LogP contribution >= 0.6 is 0 Å². The number of rotatable bonds is 5. The summed E-state index contributed by atoms with van der Waals surface area (Å²) in [6.45, 7) is 3.68. The Labute approximate surface area is 109 Å². The summed E-state index contributed by atoms with van der Waals surface area (Å²) in [5, 5.41) is 3.05. The lowest BCUT2D eigenvalue weighted by atomic mass is 10.1. The molecule has 1 amide bonds. The third-order valence-electron chi connectivity index (χ3n) is 3.50. The molecule has 1 aromatic rings. The van der Waals surface area contributed by atoms with Gasteiger partial charge in [-0.1, -0.05) is 31.2 Å². The van der Waals surface area contributed by atoms with Gasteiger partial charge in [0.2, 0.25) is 5.91 Å². The van der Waals surface area contributed by atoms with E-state index in [1.165, 1.54) is 11.1 Å². The normalized spacial score (nSPS) is 22.0. The number of carbonyl (C=O) groups is 1. The molecule has 2 atom stereocenters. The third-order valence-corrected chi connectivity index (χ3v) is 3.50. The molecule has 1 aromatic carbocycles. The zero-order valence-corrected chi connectivity index (χ0v) is 11.4. The highest BCUT2D eigenvalue weighted by atomic mass is 16.2. The Morgan fingerprint density at radius 3 is 2.50 bits per heavy atom. The number of nitrogens with one attached hydrogen (secondary N) is 1. The summed E-state index contributed by atoms with van der Waals surface area (Å²) >= 11 is 0. The fourth-order valence-electron chi connectivity index (χ4n) is 2.23. The van der Waals surface area contributed by atoms with E-state index in [2.05, 4.69) is 43.4 Å². The molecule has 0 saturated heterocycles. The number of nitrogens with zero attached hydrogens (tertiary/aromatic N) is 1. The highest BCUT2D eigenvalue weighted by molar-refractivity contribution is 5.81. The zero-order chi connectivity index (χ0) is 13.1. The molecule has 0 heterocycles. The first-order valence-electron chi connectivity index (χ1n) is 6.57. The highest BCUT2D eigenvalue weighted by Crippen LogP contribution is 2.37. The first-order chi connectivity index (χ1) is 8.58. The van der Waals surface area contributed by atoms with Crippen molar-refractivity contribution in [2.45, 2.75) is 26.4 Å². The van der Waals surface area contributed by atoms with Crippen molar-refractivity contribution in [3.8, 4) is 0 Å². The van der Waals surface area contributed by atoms with E-state index in [1.807, 2.05) is 12.1 Å². The van der Waals surface area contributed by atoms with Gasteiger partial charge >= 0.3 is 0 Å². The molecule has 1 aliphatic carbocycles. The Balaban J connectivity index is 1.94. The summed E-state index contributed by atoms with van der Waals surface area (Å²) in [5.74, 6) is 1.04. The molecule has 98 valence electrons. The van der Waals surface area contributed by atoms with Gasteiger partial charge in [0.05, 0.1) is 0 Å². The molecule has 0 aromatic heterocycles. The molecule has 1 aliphatic rings. The molecule has 3 heteroatoms. The monoisotopic (exact) mass is 246 g/mol. The summed E-state index contributed by atoms with van der Waals surface area (Å²) < 4.78 is 0. The van der Waals surface area contributed by atoms with Crippen LogP contribution in [0.5, 0.6) is 0 Å². The van der Waals surface area contributed by atoms with Gasteiger partial charge in [0.1, 0.15) is 0 Å². The van der Waals surface area contributed by atoms with Crippen LogP contribution in [-0.2, 0) is 17.9 Å². The second-order valence-electron chi connectivity index (χ2n) is 5.54. The van der Waals surface area contributed by atoms with E-state index in [1.54, 1.807) is 0 Å². The van der Waals surface area contributed by atoms with Crippen molar-refractivity contribution in [3.05, 3.63) is 35.4 Å². The molecule has 0 unspecified atom stereocenters. The fourth-order valence-corrected chi connectivity index (χ4v) is 2.23. The maximum absolute atomic E-state index is 11.8. The quantitative estimate of drug-likeness (QED) is 0.862. The topological polar surface area (TPSA) is 32.3 Å².